The summed E-state index contributed by atoms with van der Waals surface area (Å²) in [5, 5.41) is 3.91. The molecule has 0 fully saturated rings. The number of allylic oxidation sites excluding steroid dienone is 5. The second-order valence-electron chi connectivity index (χ2n) is 3.79. The van der Waals surface area contributed by atoms with Crippen molar-refractivity contribution in [2.45, 2.75) is 32.4 Å². The third-order valence-electron chi connectivity index (χ3n) is 1.10. The van der Waals surface area contributed by atoms with Gasteiger partial charge in [0.05, 0.1) is 6.20 Å². The Hall–Kier alpha value is -0.350. The standard InChI is InChI=1S/C11H17BrN2S/c1-5-7-10(12)8-6-9-13-14-15-11(2,3)4/h5-9H,1-4H3/b7-5+,9-6+,10-8+,14-13?. The van der Waals surface area contributed by atoms with Crippen LogP contribution in [0.25, 0.3) is 0 Å². The molecule has 0 unspecified atom stereocenters. The molecule has 0 bridgehead atoms. The van der Waals surface area contributed by atoms with Gasteiger partial charge in [-0.25, -0.2) is 0 Å². The van der Waals surface area contributed by atoms with Gasteiger partial charge in [-0.05, 0) is 39.8 Å². The first-order chi connectivity index (χ1) is 6.95. The van der Waals surface area contributed by atoms with Crippen LogP contribution in [-0.4, -0.2) is 4.75 Å². The molecule has 84 valence electrons. The van der Waals surface area contributed by atoms with Crippen molar-refractivity contribution in [3.63, 3.8) is 0 Å². The Labute approximate surface area is 105 Å². The van der Waals surface area contributed by atoms with Crippen LogP contribution in [0.4, 0.5) is 0 Å². The van der Waals surface area contributed by atoms with Gasteiger partial charge in [-0.2, -0.15) is 5.11 Å². The first-order valence-electron chi connectivity index (χ1n) is 4.69. The molecule has 0 aromatic carbocycles. The Morgan fingerprint density at radius 3 is 2.53 bits per heavy atom. The largest absolute Gasteiger partial charge is 0.152 e. The molecular weight excluding hydrogens is 272 g/mol. The van der Waals surface area contributed by atoms with Gasteiger partial charge in [0, 0.05) is 21.2 Å². The normalized spacial score (nSPS) is 14.9. The highest BCUT2D eigenvalue weighted by Gasteiger charge is 2.09. The van der Waals surface area contributed by atoms with E-state index in [1.807, 2.05) is 31.2 Å². The number of hydrogen-bond acceptors (Lipinski definition) is 3. The Morgan fingerprint density at radius 2 is 2.00 bits per heavy atom. The lowest BCUT2D eigenvalue weighted by Gasteiger charge is -2.10. The van der Waals surface area contributed by atoms with Gasteiger partial charge in [0.25, 0.3) is 0 Å². The zero-order valence-corrected chi connectivity index (χ0v) is 12.0. The smallest absolute Gasteiger partial charge is 0.0502 e. The van der Waals surface area contributed by atoms with Crippen molar-refractivity contribution >= 4 is 27.9 Å². The molecule has 0 saturated carbocycles. The van der Waals surface area contributed by atoms with E-state index in [0.29, 0.717) is 0 Å². The van der Waals surface area contributed by atoms with E-state index in [2.05, 4.69) is 46.3 Å². The fourth-order valence-electron chi connectivity index (χ4n) is 0.561. The zero-order chi connectivity index (χ0) is 11.7. The van der Waals surface area contributed by atoms with Gasteiger partial charge in [-0.15, -0.1) is 4.52 Å². The van der Waals surface area contributed by atoms with Gasteiger partial charge in [-0.1, -0.05) is 28.1 Å². The number of nitrogens with zero attached hydrogens (tertiary/aromatic N) is 2. The SMILES string of the molecule is C/C=C/C(Br)=C\C=C\N=NSC(C)(C)C. The van der Waals surface area contributed by atoms with Crippen molar-refractivity contribution in [3.8, 4) is 0 Å². The molecular formula is C11H17BrN2S. The predicted molar refractivity (Wildman–Crippen MR) is 73.2 cm³/mol. The van der Waals surface area contributed by atoms with Gasteiger partial charge in [0.2, 0.25) is 0 Å². The summed E-state index contributed by atoms with van der Waals surface area (Å²) in [6.07, 6.45) is 9.36. The van der Waals surface area contributed by atoms with E-state index in [4.69, 9.17) is 0 Å². The average Bonchev–Trinajstić information content (AvgIpc) is 2.09. The maximum Gasteiger partial charge on any atom is 0.0502 e. The third-order valence-corrected chi connectivity index (χ3v) is 2.35. The molecule has 0 aliphatic rings. The minimum atomic E-state index is 0.124. The number of hydrogen-bond donors (Lipinski definition) is 0. The quantitative estimate of drug-likeness (QED) is 0.394. The van der Waals surface area contributed by atoms with Crippen LogP contribution in [-0.2, 0) is 0 Å². The summed E-state index contributed by atoms with van der Waals surface area (Å²) in [7, 11) is 0. The molecule has 0 spiro atoms. The highest BCUT2D eigenvalue weighted by Crippen LogP contribution is 2.24. The third kappa shape index (κ3) is 11.6. The van der Waals surface area contributed by atoms with Crippen LogP contribution in [0.2, 0.25) is 0 Å². The second kappa shape index (κ2) is 7.88. The van der Waals surface area contributed by atoms with E-state index >= 15 is 0 Å². The molecule has 0 heterocycles. The molecule has 0 aliphatic carbocycles. The summed E-state index contributed by atoms with van der Waals surface area (Å²) in [4.78, 5) is 0. The van der Waals surface area contributed by atoms with Crippen LogP contribution in [0.3, 0.4) is 0 Å². The highest BCUT2D eigenvalue weighted by atomic mass is 79.9. The maximum atomic E-state index is 3.98. The molecule has 2 nitrogen and oxygen atoms in total. The summed E-state index contributed by atoms with van der Waals surface area (Å²) < 4.78 is 5.12. The minimum absolute atomic E-state index is 0.124. The van der Waals surface area contributed by atoms with Crippen molar-refractivity contribution < 1.29 is 0 Å². The van der Waals surface area contributed by atoms with E-state index < -0.39 is 0 Å². The lowest BCUT2D eigenvalue weighted by atomic mass is 10.3. The van der Waals surface area contributed by atoms with Gasteiger partial charge < -0.3 is 0 Å². The van der Waals surface area contributed by atoms with Crippen LogP contribution in [0.1, 0.15) is 27.7 Å². The molecule has 0 rings (SSSR count). The molecule has 0 amide bonds. The fraction of sp³-hybridized carbons (Fsp3) is 0.455. The van der Waals surface area contributed by atoms with E-state index in [1.54, 1.807) is 6.20 Å². The van der Waals surface area contributed by atoms with Crippen molar-refractivity contribution in [3.05, 3.63) is 35.0 Å². The van der Waals surface area contributed by atoms with E-state index in [9.17, 15) is 0 Å². The van der Waals surface area contributed by atoms with Crippen molar-refractivity contribution in [2.75, 3.05) is 0 Å². The first-order valence-corrected chi connectivity index (χ1v) is 6.25. The minimum Gasteiger partial charge on any atom is -0.152 e. The van der Waals surface area contributed by atoms with E-state index in [-0.39, 0.29) is 4.75 Å². The summed E-state index contributed by atoms with van der Waals surface area (Å²) in [5.41, 5.74) is 0. The lowest BCUT2D eigenvalue weighted by molar-refractivity contribution is 0.802. The van der Waals surface area contributed by atoms with Crippen LogP contribution in [0.5, 0.6) is 0 Å². The Kier molecular flexibility index (Phi) is 7.70. The number of halogens is 1. The first kappa shape index (κ1) is 14.6. The summed E-state index contributed by atoms with van der Waals surface area (Å²) in [6.45, 7) is 8.27. The fourth-order valence-corrected chi connectivity index (χ4v) is 1.32. The summed E-state index contributed by atoms with van der Waals surface area (Å²) >= 11 is 4.85. The van der Waals surface area contributed by atoms with Gasteiger partial charge in [0.15, 0.2) is 0 Å². The van der Waals surface area contributed by atoms with Crippen LogP contribution >= 0.6 is 27.9 Å². The zero-order valence-electron chi connectivity index (χ0n) is 9.57. The van der Waals surface area contributed by atoms with Crippen molar-refractivity contribution in [1.29, 1.82) is 0 Å². The Morgan fingerprint density at radius 1 is 1.33 bits per heavy atom. The van der Waals surface area contributed by atoms with Gasteiger partial charge in [-0.3, -0.25) is 0 Å². The van der Waals surface area contributed by atoms with Crippen LogP contribution in [0, 0.1) is 0 Å². The van der Waals surface area contributed by atoms with E-state index in [0.717, 1.165) is 4.48 Å². The maximum absolute atomic E-state index is 3.98. The summed E-state index contributed by atoms with van der Waals surface area (Å²) in [5.74, 6) is 0. The molecule has 15 heavy (non-hydrogen) atoms. The van der Waals surface area contributed by atoms with Crippen molar-refractivity contribution in [2.24, 2.45) is 9.63 Å². The van der Waals surface area contributed by atoms with Gasteiger partial charge in [0.1, 0.15) is 0 Å². The highest BCUT2D eigenvalue weighted by molar-refractivity contribution is 9.11. The molecule has 0 N–H and O–H groups in total. The monoisotopic (exact) mass is 288 g/mol. The Balaban J connectivity index is 3.95. The van der Waals surface area contributed by atoms with Crippen molar-refractivity contribution in [1.82, 2.24) is 0 Å². The molecule has 4 heteroatoms. The average molecular weight is 289 g/mol. The van der Waals surface area contributed by atoms with Gasteiger partial charge >= 0.3 is 0 Å². The predicted octanol–water partition coefficient (Wildman–Crippen LogP) is 5.25. The molecule has 0 saturated heterocycles. The molecule has 0 radical (unpaired) electrons. The molecule has 0 atom stereocenters. The van der Waals surface area contributed by atoms with E-state index in [1.165, 1.54) is 11.9 Å². The topological polar surface area (TPSA) is 24.7 Å². The summed E-state index contributed by atoms with van der Waals surface area (Å²) in [6, 6.07) is 0. The Bertz CT molecular complexity index is 285. The van der Waals surface area contributed by atoms with Crippen LogP contribution in [0.15, 0.2) is 44.6 Å². The molecule has 0 aromatic rings. The number of rotatable bonds is 4. The molecule has 0 aliphatic heterocycles. The van der Waals surface area contributed by atoms with Crippen LogP contribution < -0.4 is 0 Å². The lowest BCUT2D eigenvalue weighted by Crippen LogP contribution is -2.04. The molecule has 0 aromatic heterocycles. The second-order valence-corrected chi connectivity index (χ2v) is 6.28.